The maximum atomic E-state index is 13.4. The van der Waals surface area contributed by atoms with Gasteiger partial charge in [-0.05, 0) is 18.2 Å². The minimum absolute atomic E-state index is 0.0860. The molecule has 1 N–H and O–H groups in total. The summed E-state index contributed by atoms with van der Waals surface area (Å²) in [6.07, 6.45) is 0. The van der Waals surface area contributed by atoms with Crippen molar-refractivity contribution >= 4 is 23.4 Å². The zero-order valence-corrected chi connectivity index (χ0v) is 12.0. The van der Waals surface area contributed by atoms with E-state index in [9.17, 15) is 22.4 Å². The Morgan fingerprint density at radius 1 is 1.05 bits per heavy atom. The molecule has 2 aromatic carbocycles. The molecule has 0 aliphatic carbocycles. The summed E-state index contributed by atoms with van der Waals surface area (Å²) in [6, 6.07) is 6.49. The third-order valence-corrected chi connectivity index (χ3v) is 3.71. The Morgan fingerprint density at radius 3 is 2.59 bits per heavy atom. The quantitative estimate of drug-likeness (QED) is 0.836. The van der Waals surface area contributed by atoms with Gasteiger partial charge in [-0.25, -0.2) is 17.6 Å². The number of rotatable bonds is 5. The van der Waals surface area contributed by atoms with Crippen LogP contribution >= 0.6 is 11.8 Å². The molecule has 2 rings (SSSR count). The second-order valence-corrected chi connectivity index (χ2v) is 5.36. The third kappa shape index (κ3) is 4.24. The van der Waals surface area contributed by atoms with Gasteiger partial charge in [0, 0.05) is 17.4 Å². The first-order valence-electron chi connectivity index (χ1n) is 6.23. The minimum Gasteiger partial charge on any atom is -0.323 e. The van der Waals surface area contributed by atoms with Gasteiger partial charge in [0.15, 0.2) is 11.6 Å². The molecule has 1 amide bonds. The van der Waals surface area contributed by atoms with Gasteiger partial charge in [0.1, 0.15) is 11.6 Å². The molecule has 0 aliphatic heterocycles. The maximum absolute atomic E-state index is 13.4. The van der Waals surface area contributed by atoms with Crippen LogP contribution in [0.1, 0.15) is 5.56 Å². The van der Waals surface area contributed by atoms with E-state index in [0.717, 1.165) is 36.0 Å². The van der Waals surface area contributed by atoms with Crippen LogP contribution in [0.5, 0.6) is 0 Å². The zero-order valence-electron chi connectivity index (χ0n) is 11.2. The standard InChI is InChI=1S/C15H11F4NOS/c16-10-4-5-11(17)13(6-10)20-14(21)8-22-7-9-2-1-3-12(18)15(9)19/h1-6H,7-8H2,(H,20,21). The Balaban J connectivity index is 1.88. The van der Waals surface area contributed by atoms with Crippen LogP contribution in [0.4, 0.5) is 23.2 Å². The van der Waals surface area contributed by atoms with E-state index in [1.165, 1.54) is 12.1 Å². The van der Waals surface area contributed by atoms with Crippen molar-refractivity contribution in [2.45, 2.75) is 5.75 Å². The van der Waals surface area contributed by atoms with Gasteiger partial charge in [-0.2, -0.15) is 0 Å². The van der Waals surface area contributed by atoms with Crippen LogP contribution < -0.4 is 5.32 Å². The second kappa shape index (κ2) is 7.31. The molecule has 0 saturated carbocycles. The number of carbonyl (C=O) groups excluding carboxylic acids is 1. The predicted octanol–water partition coefficient (Wildman–Crippen LogP) is 4.11. The van der Waals surface area contributed by atoms with E-state index in [4.69, 9.17) is 0 Å². The smallest absolute Gasteiger partial charge is 0.234 e. The Bertz CT molecular complexity index is 693. The average Bonchev–Trinajstić information content (AvgIpc) is 2.47. The molecule has 0 heterocycles. The number of anilines is 1. The maximum Gasteiger partial charge on any atom is 0.234 e. The normalized spacial score (nSPS) is 10.5. The Morgan fingerprint density at radius 2 is 1.82 bits per heavy atom. The molecule has 116 valence electrons. The number of halogens is 4. The first-order chi connectivity index (χ1) is 10.5. The van der Waals surface area contributed by atoms with Gasteiger partial charge in [-0.1, -0.05) is 12.1 Å². The van der Waals surface area contributed by atoms with Crippen molar-refractivity contribution in [3.63, 3.8) is 0 Å². The monoisotopic (exact) mass is 329 g/mol. The highest BCUT2D eigenvalue weighted by Crippen LogP contribution is 2.19. The fourth-order valence-corrected chi connectivity index (χ4v) is 2.50. The topological polar surface area (TPSA) is 29.1 Å². The van der Waals surface area contributed by atoms with Crippen molar-refractivity contribution in [2.75, 3.05) is 11.1 Å². The van der Waals surface area contributed by atoms with Gasteiger partial charge in [0.2, 0.25) is 5.91 Å². The summed E-state index contributed by atoms with van der Waals surface area (Å²) in [5.41, 5.74) is -0.128. The summed E-state index contributed by atoms with van der Waals surface area (Å²) in [5.74, 6) is -3.92. The molecule has 2 nitrogen and oxygen atoms in total. The zero-order chi connectivity index (χ0) is 16.1. The summed E-state index contributed by atoms with van der Waals surface area (Å²) in [5, 5.41) is 2.22. The second-order valence-electron chi connectivity index (χ2n) is 4.38. The lowest BCUT2D eigenvalue weighted by molar-refractivity contribution is -0.113. The van der Waals surface area contributed by atoms with Crippen molar-refractivity contribution in [3.8, 4) is 0 Å². The fourth-order valence-electron chi connectivity index (χ4n) is 1.69. The predicted molar refractivity (Wildman–Crippen MR) is 77.5 cm³/mol. The van der Waals surface area contributed by atoms with E-state index >= 15 is 0 Å². The molecule has 0 aliphatic rings. The molecule has 0 atom stereocenters. The largest absolute Gasteiger partial charge is 0.323 e. The van der Waals surface area contributed by atoms with E-state index in [1.54, 1.807) is 0 Å². The number of hydrogen-bond donors (Lipinski definition) is 1. The van der Waals surface area contributed by atoms with Gasteiger partial charge >= 0.3 is 0 Å². The number of carbonyl (C=O) groups is 1. The Labute approximate surface area is 128 Å². The molecule has 0 saturated heterocycles. The lowest BCUT2D eigenvalue weighted by Gasteiger charge is -2.07. The van der Waals surface area contributed by atoms with Crippen LogP contribution in [0.25, 0.3) is 0 Å². The van der Waals surface area contributed by atoms with Gasteiger partial charge in [0.25, 0.3) is 0 Å². The van der Waals surface area contributed by atoms with Crippen LogP contribution in [-0.4, -0.2) is 11.7 Å². The Hall–Kier alpha value is -2.02. The number of hydrogen-bond acceptors (Lipinski definition) is 2. The van der Waals surface area contributed by atoms with E-state index < -0.39 is 29.2 Å². The number of benzene rings is 2. The highest BCUT2D eigenvalue weighted by Gasteiger charge is 2.11. The SMILES string of the molecule is O=C(CSCc1cccc(F)c1F)Nc1cc(F)ccc1F. The number of thioether (sulfide) groups is 1. The molecular formula is C15H11F4NOS. The van der Waals surface area contributed by atoms with E-state index in [0.29, 0.717) is 0 Å². The molecule has 0 bridgehead atoms. The summed E-state index contributed by atoms with van der Waals surface area (Å²) in [6.45, 7) is 0. The summed E-state index contributed by atoms with van der Waals surface area (Å²) >= 11 is 1.03. The first kappa shape index (κ1) is 16.4. The van der Waals surface area contributed by atoms with Gasteiger partial charge in [-0.15, -0.1) is 11.8 Å². The molecule has 7 heteroatoms. The Kier molecular flexibility index (Phi) is 5.43. The van der Waals surface area contributed by atoms with Crippen LogP contribution in [0.2, 0.25) is 0 Å². The molecular weight excluding hydrogens is 318 g/mol. The molecule has 22 heavy (non-hydrogen) atoms. The van der Waals surface area contributed by atoms with Crippen molar-refractivity contribution in [1.82, 2.24) is 0 Å². The van der Waals surface area contributed by atoms with E-state index in [2.05, 4.69) is 5.32 Å². The molecule has 2 aromatic rings. The molecule has 0 spiro atoms. The van der Waals surface area contributed by atoms with Crippen molar-refractivity contribution in [1.29, 1.82) is 0 Å². The number of nitrogens with one attached hydrogen (secondary N) is 1. The van der Waals surface area contributed by atoms with Crippen LogP contribution in [0, 0.1) is 23.3 Å². The van der Waals surface area contributed by atoms with Gasteiger partial charge in [0.05, 0.1) is 11.4 Å². The molecule has 0 aromatic heterocycles. The van der Waals surface area contributed by atoms with Gasteiger partial charge in [-0.3, -0.25) is 4.79 Å². The lowest BCUT2D eigenvalue weighted by atomic mass is 10.2. The van der Waals surface area contributed by atoms with Crippen LogP contribution in [0.15, 0.2) is 36.4 Å². The third-order valence-electron chi connectivity index (χ3n) is 2.72. The lowest BCUT2D eigenvalue weighted by Crippen LogP contribution is -2.15. The van der Waals surface area contributed by atoms with Crippen molar-refractivity contribution < 1.29 is 22.4 Å². The van der Waals surface area contributed by atoms with E-state index in [-0.39, 0.29) is 22.8 Å². The first-order valence-corrected chi connectivity index (χ1v) is 7.38. The fraction of sp³-hybridized carbons (Fsp3) is 0.133. The summed E-state index contributed by atoms with van der Waals surface area (Å²) in [7, 11) is 0. The van der Waals surface area contributed by atoms with Crippen molar-refractivity contribution in [2.24, 2.45) is 0 Å². The number of amides is 1. The highest BCUT2D eigenvalue weighted by molar-refractivity contribution is 7.99. The van der Waals surface area contributed by atoms with Crippen molar-refractivity contribution in [3.05, 3.63) is 65.2 Å². The van der Waals surface area contributed by atoms with Crippen LogP contribution in [0.3, 0.4) is 0 Å². The molecule has 0 fully saturated rings. The molecule has 0 unspecified atom stereocenters. The van der Waals surface area contributed by atoms with Gasteiger partial charge < -0.3 is 5.32 Å². The highest BCUT2D eigenvalue weighted by atomic mass is 32.2. The van der Waals surface area contributed by atoms with E-state index in [1.807, 2.05) is 0 Å². The average molecular weight is 329 g/mol. The minimum atomic E-state index is -0.954. The summed E-state index contributed by atoms with van der Waals surface area (Å²) < 4.78 is 52.7. The molecule has 0 radical (unpaired) electrons. The van der Waals surface area contributed by atoms with Crippen LogP contribution in [-0.2, 0) is 10.5 Å². The summed E-state index contributed by atoms with van der Waals surface area (Å²) in [4.78, 5) is 11.6.